The number of benzene rings is 1. The average molecular weight is 336 g/mol. The maximum absolute atomic E-state index is 12.4. The maximum Gasteiger partial charge on any atom is 0.255 e. The van der Waals surface area contributed by atoms with Gasteiger partial charge in [0.2, 0.25) is 0 Å². The van der Waals surface area contributed by atoms with Gasteiger partial charge in [-0.25, -0.2) is 9.67 Å². The molecule has 0 saturated heterocycles. The molecule has 7 heteroatoms. The van der Waals surface area contributed by atoms with E-state index < -0.39 is 0 Å². The van der Waals surface area contributed by atoms with Gasteiger partial charge in [0, 0.05) is 24.4 Å². The van der Waals surface area contributed by atoms with Crippen LogP contribution in [-0.4, -0.2) is 33.9 Å². The van der Waals surface area contributed by atoms with E-state index in [1.54, 1.807) is 53.6 Å². The van der Waals surface area contributed by atoms with Crippen molar-refractivity contribution in [3.8, 4) is 17.3 Å². The summed E-state index contributed by atoms with van der Waals surface area (Å²) in [5, 5.41) is 6.94. The minimum absolute atomic E-state index is 0.232. The molecule has 3 aromatic rings. The number of amides is 1. The molecule has 25 heavy (non-hydrogen) atoms. The topological polar surface area (TPSA) is 78.3 Å². The molecule has 1 aliphatic heterocycles. The molecule has 126 valence electrons. The number of carbonyl (C=O) groups excluding carboxylic acids is 1. The van der Waals surface area contributed by atoms with Gasteiger partial charge in [0.25, 0.3) is 5.91 Å². The van der Waals surface area contributed by atoms with E-state index in [-0.39, 0.29) is 5.91 Å². The van der Waals surface area contributed by atoms with Crippen LogP contribution in [0.1, 0.15) is 16.8 Å². The Hall–Kier alpha value is -3.35. The van der Waals surface area contributed by atoms with Crippen LogP contribution >= 0.6 is 0 Å². The van der Waals surface area contributed by atoms with Gasteiger partial charge in [-0.2, -0.15) is 5.10 Å². The number of hydrogen-bond donors (Lipinski definition) is 1. The Morgan fingerprint density at radius 2 is 2.00 bits per heavy atom. The highest BCUT2D eigenvalue weighted by Crippen LogP contribution is 2.30. The lowest BCUT2D eigenvalue weighted by Gasteiger charge is -2.10. The van der Waals surface area contributed by atoms with E-state index in [0.29, 0.717) is 41.8 Å². The first-order chi connectivity index (χ1) is 12.3. The van der Waals surface area contributed by atoms with E-state index in [2.05, 4.69) is 15.4 Å². The number of pyridine rings is 1. The second-order valence-corrected chi connectivity index (χ2v) is 5.52. The SMILES string of the molecule is O=C(Nc1ccc(-n2cccn2)nc1)c1ccc2c(c1)OCCCO2. The van der Waals surface area contributed by atoms with Crippen LogP contribution in [0.4, 0.5) is 5.69 Å². The summed E-state index contributed by atoms with van der Waals surface area (Å²) in [5.41, 5.74) is 1.11. The van der Waals surface area contributed by atoms with E-state index >= 15 is 0 Å². The maximum atomic E-state index is 12.4. The van der Waals surface area contributed by atoms with Crippen molar-refractivity contribution in [3.63, 3.8) is 0 Å². The Morgan fingerprint density at radius 3 is 2.76 bits per heavy atom. The number of nitrogens with one attached hydrogen (secondary N) is 1. The zero-order valence-corrected chi connectivity index (χ0v) is 13.4. The first kappa shape index (κ1) is 15.2. The Kier molecular flexibility index (Phi) is 4.04. The molecule has 0 radical (unpaired) electrons. The number of fused-ring (bicyclic) bond motifs is 1. The summed E-state index contributed by atoms with van der Waals surface area (Å²) < 4.78 is 12.8. The third-order valence-corrected chi connectivity index (χ3v) is 3.75. The molecular weight excluding hydrogens is 320 g/mol. The summed E-state index contributed by atoms with van der Waals surface area (Å²) in [5.74, 6) is 1.71. The molecule has 4 rings (SSSR count). The van der Waals surface area contributed by atoms with Crippen LogP contribution in [-0.2, 0) is 0 Å². The third-order valence-electron chi connectivity index (χ3n) is 3.75. The molecule has 7 nitrogen and oxygen atoms in total. The Balaban J connectivity index is 1.49. The fraction of sp³-hybridized carbons (Fsp3) is 0.167. The molecular formula is C18H16N4O3. The molecule has 0 atom stereocenters. The zero-order chi connectivity index (χ0) is 17.1. The molecule has 1 aromatic carbocycles. The van der Waals surface area contributed by atoms with Gasteiger partial charge >= 0.3 is 0 Å². The van der Waals surface area contributed by atoms with Gasteiger partial charge in [0.05, 0.1) is 25.1 Å². The zero-order valence-electron chi connectivity index (χ0n) is 13.4. The number of anilines is 1. The minimum atomic E-state index is -0.232. The van der Waals surface area contributed by atoms with Crippen LogP contribution in [0.5, 0.6) is 11.5 Å². The first-order valence-corrected chi connectivity index (χ1v) is 7.97. The van der Waals surface area contributed by atoms with Gasteiger partial charge in [-0.15, -0.1) is 0 Å². The van der Waals surface area contributed by atoms with E-state index in [1.165, 1.54) is 0 Å². The van der Waals surface area contributed by atoms with Crippen LogP contribution < -0.4 is 14.8 Å². The molecule has 1 amide bonds. The van der Waals surface area contributed by atoms with Gasteiger partial charge in [0.1, 0.15) is 0 Å². The van der Waals surface area contributed by atoms with E-state index in [9.17, 15) is 4.79 Å². The second-order valence-electron chi connectivity index (χ2n) is 5.52. The van der Waals surface area contributed by atoms with Crippen molar-refractivity contribution < 1.29 is 14.3 Å². The number of hydrogen-bond acceptors (Lipinski definition) is 5. The van der Waals surface area contributed by atoms with Crippen molar-refractivity contribution in [2.75, 3.05) is 18.5 Å². The molecule has 1 N–H and O–H groups in total. The molecule has 2 aromatic heterocycles. The summed E-state index contributed by atoms with van der Waals surface area (Å²) >= 11 is 0. The predicted octanol–water partition coefficient (Wildman–Crippen LogP) is 2.68. The van der Waals surface area contributed by atoms with Crippen molar-refractivity contribution in [3.05, 3.63) is 60.6 Å². The number of aromatic nitrogens is 3. The summed E-state index contributed by atoms with van der Waals surface area (Å²) in [7, 11) is 0. The van der Waals surface area contributed by atoms with Crippen molar-refractivity contribution in [1.82, 2.24) is 14.8 Å². The highest BCUT2D eigenvalue weighted by molar-refractivity contribution is 6.04. The second kappa shape index (κ2) is 6.64. The van der Waals surface area contributed by atoms with Crippen LogP contribution in [0.25, 0.3) is 5.82 Å². The molecule has 0 bridgehead atoms. The standard InChI is InChI=1S/C18H16N4O3/c23-18(13-3-5-15-16(11-13)25-10-2-9-24-15)21-14-4-6-17(19-12-14)22-8-1-7-20-22/h1,3-8,11-12H,2,9-10H2,(H,21,23). The molecule has 0 aliphatic carbocycles. The quantitative estimate of drug-likeness (QED) is 0.795. The Bertz CT molecular complexity index is 876. The minimum Gasteiger partial charge on any atom is -0.490 e. The lowest BCUT2D eigenvalue weighted by atomic mass is 10.2. The van der Waals surface area contributed by atoms with Gasteiger partial charge in [-0.05, 0) is 36.4 Å². The van der Waals surface area contributed by atoms with Crippen molar-refractivity contribution >= 4 is 11.6 Å². The van der Waals surface area contributed by atoms with Gasteiger partial charge < -0.3 is 14.8 Å². The average Bonchev–Trinajstić information content (AvgIpc) is 3.07. The number of ether oxygens (including phenoxy) is 2. The van der Waals surface area contributed by atoms with Crippen molar-refractivity contribution in [1.29, 1.82) is 0 Å². The Labute approximate surface area is 144 Å². The van der Waals surface area contributed by atoms with E-state index in [1.807, 2.05) is 6.07 Å². The smallest absolute Gasteiger partial charge is 0.255 e. The highest BCUT2D eigenvalue weighted by atomic mass is 16.5. The van der Waals surface area contributed by atoms with E-state index in [4.69, 9.17) is 9.47 Å². The molecule has 0 spiro atoms. The number of rotatable bonds is 3. The van der Waals surface area contributed by atoms with Crippen molar-refractivity contribution in [2.45, 2.75) is 6.42 Å². The molecule has 0 fully saturated rings. The monoisotopic (exact) mass is 336 g/mol. The molecule has 0 saturated carbocycles. The number of nitrogens with zero attached hydrogens (tertiary/aromatic N) is 3. The van der Waals surface area contributed by atoms with Crippen LogP contribution in [0, 0.1) is 0 Å². The van der Waals surface area contributed by atoms with Gasteiger partial charge in [0.15, 0.2) is 17.3 Å². The van der Waals surface area contributed by atoms with Crippen LogP contribution in [0.3, 0.4) is 0 Å². The van der Waals surface area contributed by atoms with E-state index in [0.717, 1.165) is 6.42 Å². The van der Waals surface area contributed by atoms with Crippen LogP contribution in [0.15, 0.2) is 55.0 Å². The lowest BCUT2D eigenvalue weighted by Crippen LogP contribution is -2.12. The largest absolute Gasteiger partial charge is 0.490 e. The predicted molar refractivity (Wildman–Crippen MR) is 91.4 cm³/mol. The molecule has 1 aliphatic rings. The summed E-state index contributed by atoms with van der Waals surface area (Å²) in [6.45, 7) is 1.20. The summed E-state index contributed by atoms with van der Waals surface area (Å²) in [6.07, 6.45) is 5.91. The highest BCUT2D eigenvalue weighted by Gasteiger charge is 2.14. The van der Waals surface area contributed by atoms with Crippen LogP contribution in [0.2, 0.25) is 0 Å². The summed E-state index contributed by atoms with van der Waals surface area (Å²) in [4.78, 5) is 16.7. The Morgan fingerprint density at radius 1 is 1.12 bits per heavy atom. The fourth-order valence-electron chi connectivity index (χ4n) is 2.51. The van der Waals surface area contributed by atoms with Crippen molar-refractivity contribution in [2.24, 2.45) is 0 Å². The number of carbonyl (C=O) groups is 1. The molecule has 0 unspecified atom stereocenters. The normalized spacial score (nSPS) is 13.1. The van der Waals surface area contributed by atoms with Gasteiger partial charge in [-0.1, -0.05) is 0 Å². The molecule has 3 heterocycles. The fourth-order valence-corrected chi connectivity index (χ4v) is 2.51. The van der Waals surface area contributed by atoms with Gasteiger partial charge in [-0.3, -0.25) is 4.79 Å². The third kappa shape index (κ3) is 3.30. The lowest BCUT2D eigenvalue weighted by molar-refractivity contribution is 0.102. The summed E-state index contributed by atoms with van der Waals surface area (Å²) in [6, 6.07) is 10.6. The first-order valence-electron chi connectivity index (χ1n) is 7.97.